The van der Waals surface area contributed by atoms with Crippen molar-refractivity contribution in [1.82, 2.24) is 4.98 Å². The van der Waals surface area contributed by atoms with E-state index in [2.05, 4.69) is 32.3 Å². The molecule has 2 rings (SSSR count). The van der Waals surface area contributed by atoms with Crippen LogP contribution in [0.3, 0.4) is 0 Å². The van der Waals surface area contributed by atoms with Crippen LogP contribution in [0, 0.1) is 6.92 Å². The third-order valence-electron chi connectivity index (χ3n) is 2.16. The van der Waals surface area contributed by atoms with Crippen molar-refractivity contribution in [2.24, 2.45) is 0 Å². The van der Waals surface area contributed by atoms with Gasteiger partial charge in [-0.1, -0.05) is 0 Å². The average Bonchev–Trinajstić information content (AvgIpc) is 2.63. The van der Waals surface area contributed by atoms with Crippen LogP contribution < -0.4 is 11.1 Å². The van der Waals surface area contributed by atoms with Crippen molar-refractivity contribution in [3.8, 4) is 0 Å². The molecule has 0 atom stereocenters. The Morgan fingerprint density at radius 3 is 2.94 bits per heavy atom. The molecule has 3 N–H and O–H groups in total. The van der Waals surface area contributed by atoms with E-state index in [1.54, 1.807) is 17.5 Å². The smallest absolute Gasteiger partial charge is 0.129 e. The molecule has 0 saturated carbocycles. The molecule has 0 aromatic carbocycles. The summed E-state index contributed by atoms with van der Waals surface area (Å²) in [6.45, 7) is 2.78. The number of anilines is 2. The Hall–Kier alpha value is -1.07. The Morgan fingerprint density at radius 2 is 2.31 bits per heavy atom. The van der Waals surface area contributed by atoms with Crippen LogP contribution in [-0.4, -0.2) is 4.98 Å². The van der Waals surface area contributed by atoms with Crippen molar-refractivity contribution in [3.63, 3.8) is 0 Å². The standard InChI is InChI=1S/C11H12BrN3S/c1-7-4-8(13)5-14-11(7)15-6-9-2-3-10(12)16-9/h2-5H,6,13H2,1H3,(H,14,15). The number of pyridine rings is 1. The molecule has 2 heterocycles. The number of nitrogens with zero attached hydrogens (tertiary/aromatic N) is 1. The molecule has 0 bridgehead atoms. The van der Waals surface area contributed by atoms with E-state index in [0.717, 1.165) is 21.7 Å². The van der Waals surface area contributed by atoms with E-state index in [4.69, 9.17) is 5.73 Å². The minimum atomic E-state index is 0.696. The monoisotopic (exact) mass is 297 g/mol. The number of halogens is 1. The lowest BCUT2D eigenvalue weighted by Crippen LogP contribution is -2.02. The van der Waals surface area contributed by atoms with Gasteiger partial charge in [-0.15, -0.1) is 11.3 Å². The number of hydrogen-bond donors (Lipinski definition) is 2. The fourth-order valence-corrected chi connectivity index (χ4v) is 2.82. The minimum Gasteiger partial charge on any atom is -0.397 e. The van der Waals surface area contributed by atoms with Crippen molar-refractivity contribution in [3.05, 3.63) is 38.6 Å². The summed E-state index contributed by atoms with van der Waals surface area (Å²) >= 11 is 5.16. The lowest BCUT2D eigenvalue weighted by Gasteiger charge is -2.07. The minimum absolute atomic E-state index is 0.696. The van der Waals surface area contributed by atoms with E-state index in [-0.39, 0.29) is 0 Å². The molecule has 0 aliphatic heterocycles. The first-order valence-corrected chi connectivity index (χ1v) is 6.46. The summed E-state index contributed by atoms with van der Waals surface area (Å²) in [4.78, 5) is 5.52. The fourth-order valence-electron chi connectivity index (χ4n) is 1.40. The molecule has 0 spiro atoms. The largest absolute Gasteiger partial charge is 0.397 e. The summed E-state index contributed by atoms with van der Waals surface area (Å²) in [6, 6.07) is 6.05. The van der Waals surface area contributed by atoms with Crippen molar-refractivity contribution in [2.75, 3.05) is 11.1 Å². The molecule has 16 heavy (non-hydrogen) atoms. The molecule has 0 saturated heterocycles. The fraction of sp³-hybridized carbons (Fsp3) is 0.182. The highest BCUT2D eigenvalue weighted by atomic mass is 79.9. The van der Waals surface area contributed by atoms with E-state index < -0.39 is 0 Å². The van der Waals surface area contributed by atoms with Crippen LogP contribution in [0.25, 0.3) is 0 Å². The lowest BCUT2D eigenvalue weighted by atomic mass is 10.2. The molecule has 0 aliphatic rings. The maximum Gasteiger partial charge on any atom is 0.129 e. The molecule has 0 aliphatic carbocycles. The Morgan fingerprint density at radius 1 is 1.50 bits per heavy atom. The number of hydrogen-bond acceptors (Lipinski definition) is 4. The maximum atomic E-state index is 5.64. The van der Waals surface area contributed by atoms with Gasteiger partial charge in [0.05, 0.1) is 22.2 Å². The second-order valence-corrected chi connectivity index (χ2v) is 6.04. The zero-order valence-electron chi connectivity index (χ0n) is 8.83. The van der Waals surface area contributed by atoms with Crippen LogP contribution in [0.4, 0.5) is 11.5 Å². The quantitative estimate of drug-likeness (QED) is 0.913. The van der Waals surface area contributed by atoms with Gasteiger partial charge in [-0.25, -0.2) is 4.98 Å². The molecule has 84 valence electrons. The molecule has 0 radical (unpaired) electrons. The first kappa shape index (κ1) is 11.4. The van der Waals surface area contributed by atoms with E-state index in [1.807, 2.05) is 19.1 Å². The van der Waals surface area contributed by atoms with Gasteiger partial charge in [0.1, 0.15) is 5.82 Å². The second-order valence-electron chi connectivity index (χ2n) is 3.49. The van der Waals surface area contributed by atoms with E-state index in [0.29, 0.717) is 5.69 Å². The predicted octanol–water partition coefficient (Wildman–Crippen LogP) is 3.41. The van der Waals surface area contributed by atoms with Crippen LogP contribution in [0.5, 0.6) is 0 Å². The van der Waals surface area contributed by atoms with Crippen LogP contribution in [0.15, 0.2) is 28.2 Å². The molecular formula is C11H12BrN3S. The Balaban J connectivity index is 2.04. The number of nitrogen functional groups attached to an aromatic ring is 1. The first-order valence-electron chi connectivity index (χ1n) is 4.85. The second kappa shape index (κ2) is 4.84. The summed E-state index contributed by atoms with van der Waals surface area (Å²) in [7, 11) is 0. The third-order valence-corrected chi connectivity index (χ3v) is 3.78. The van der Waals surface area contributed by atoms with Gasteiger partial charge in [-0.2, -0.15) is 0 Å². The van der Waals surface area contributed by atoms with Crippen LogP contribution in [-0.2, 0) is 6.54 Å². The van der Waals surface area contributed by atoms with Crippen molar-refractivity contribution < 1.29 is 0 Å². The highest BCUT2D eigenvalue weighted by Gasteiger charge is 2.01. The summed E-state index contributed by atoms with van der Waals surface area (Å²) < 4.78 is 1.14. The summed E-state index contributed by atoms with van der Waals surface area (Å²) in [5.74, 6) is 0.888. The zero-order valence-corrected chi connectivity index (χ0v) is 11.2. The van der Waals surface area contributed by atoms with Gasteiger partial charge in [0.25, 0.3) is 0 Å². The molecule has 5 heteroatoms. The molecule has 0 fully saturated rings. The van der Waals surface area contributed by atoms with Gasteiger partial charge in [-0.05, 0) is 46.6 Å². The topological polar surface area (TPSA) is 50.9 Å². The number of thiophene rings is 1. The van der Waals surface area contributed by atoms with E-state index in [1.165, 1.54) is 4.88 Å². The van der Waals surface area contributed by atoms with Crippen molar-refractivity contribution in [1.29, 1.82) is 0 Å². The van der Waals surface area contributed by atoms with Gasteiger partial charge in [-0.3, -0.25) is 0 Å². The number of aryl methyl sites for hydroxylation is 1. The summed E-state index contributed by atoms with van der Waals surface area (Å²) in [6.07, 6.45) is 1.67. The highest BCUT2D eigenvalue weighted by Crippen LogP contribution is 2.23. The third kappa shape index (κ3) is 2.74. The SMILES string of the molecule is Cc1cc(N)cnc1NCc1ccc(Br)s1. The first-order chi connectivity index (χ1) is 7.65. The molecule has 2 aromatic heterocycles. The molecule has 0 unspecified atom stereocenters. The molecule has 0 amide bonds. The van der Waals surface area contributed by atoms with Gasteiger partial charge in [0.15, 0.2) is 0 Å². The number of nitrogens with one attached hydrogen (secondary N) is 1. The van der Waals surface area contributed by atoms with Crippen LogP contribution in [0.1, 0.15) is 10.4 Å². The van der Waals surface area contributed by atoms with Crippen LogP contribution in [0.2, 0.25) is 0 Å². The molecular weight excluding hydrogens is 286 g/mol. The Labute approximate surface area is 107 Å². The van der Waals surface area contributed by atoms with E-state index >= 15 is 0 Å². The predicted molar refractivity (Wildman–Crippen MR) is 72.7 cm³/mol. The van der Waals surface area contributed by atoms with Gasteiger partial charge >= 0.3 is 0 Å². The summed E-state index contributed by atoms with van der Waals surface area (Å²) in [5, 5.41) is 3.29. The highest BCUT2D eigenvalue weighted by molar-refractivity contribution is 9.11. The molecule has 3 nitrogen and oxygen atoms in total. The van der Waals surface area contributed by atoms with Crippen LogP contribution >= 0.6 is 27.3 Å². The summed E-state index contributed by atoms with van der Waals surface area (Å²) in [5.41, 5.74) is 7.41. The Bertz CT molecular complexity index is 496. The number of nitrogens with two attached hydrogens (primary N) is 1. The number of rotatable bonds is 3. The van der Waals surface area contributed by atoms with Gasteiger partial charge in [0, 0.05) is 4.88 Å². The normalized spacial score (nSPS) is 10.4. The lowest BCUT2D eigenvalue weighted by molar-refractivity contribution is 1.12. The Kier molecular flexibility index (Phi) is 3.46. The van der Waals surface area contributed by atoms with Crippen molar-refractivity contribution >= 4 is 38.8 Å². The van der Waals surface area contributed by atoms with Crippen molar-refractivity contribution in [2.45, 2.75) is 13.5 Å². The van der Waals surface area contributed by atoms with Gasteiger partial charge in [0.2, 0.25) is 0 Å². The van der Waals surface area contributed by atoms with E-state index in [9.17, 15) is 0 Å². The number of aromatic nitrogens is 1. The molecule has 2 aromatic rings. The van der Waals surface area contributed by atoms with Gasteiger partial charge < -0.3 is 11.1 Å². The maximum absolute atomic E-state index is 5.64. The zero-order chi connectivity index (χ0) is 11.5. The average molecular weight is 298 g/mol.